The Hall–Kier alpha value is -0.780. The highest BCUT2D eigenvalue weighted by atomic mass is 14.1. The first kappa shape index (κ1) is 13.3. The number of hydrogen-bond acceptors (Lipinski definition) is 0. The van der Waals surface area contributed by atoms with Gasteiger partial charge in [0.2, 0.25) is 0 Å². The van der Waals surface area contributed by atoms with Gasteiger partial charge in [-0.05, 0) is 42.2 Å². The molecule has 0 saturated heterocycles. The fourth-order valence-corrected chi connectivity index (χ4v) is 1.99. The smallest absolute Gasteiger partial charge is 0.0279 e. The third-order valence-corrected chi connectivity index (χ3v) is 3.04. The van der Waals surface area contributed by atoms with E-state index in [9.17, 15) is 0 Å². The molecule has 0 aromatic heterocycles. The summed E-state index contributed by atoms with van der Waals surface area (Å²) >= 11 is 0. The molecule has 0 N–H and O–H groups in total. The van der Waals surface area contributed by atoms with E-state index >= 15 is 0 Å². The number of unbranched alkanes of at least 4 members (excludes halogenated alkanes) is 1. The Kier molecular flexibility index (Phi) is 5.05. The van der Waals surface area contributed by atoms with Crippen LogP contribution < -0.4 is 0 Å². The van der Waals surface area contributed by atoms with E-state index in [1.807, 2.05) is 0 Å². The maximum atomic E-state index is 2.36. The molecule has 90 valence electrons. The second-order valence-corrected chi connectivity index (χ2v) is 5.94. The molecular formula is C16H26. The van der Waals surface area contributed by atoms with Crippen LogP contribution in [-0.4, -0.2) is 0 Å². The monoisotopic (exact) mass is 218 g/mol. The molecular weight excluding hydrogens is 192 g/mol. The van der Waals surface area contributed by atoms with Crippen molar-refractivity contribution in [1.82, 2.24) is 0 Å². The zero-order valence-corrected chi connectivity index (χ0v) is 11.3. The molecule has 0 saturated carbocycles. The summed E-state index contributed by atoms with van der Waals surface area (Å²) in [5.41, 5.74) is 3.47. The van der Waals surface area contributed by atoms with Crippen LogP contribution in [0.3, 0.4) is 0 Å². The van der Waals surface area contributed by atoms with E-state index in [-0.39, 0.29) is 0 Å². The minimum absolute atomic E-state index is 0.491. The summed E-state index contributed by atoms with van der Waals surface area (Å²) in [6.45, 7) is 9.19. The van der Waals surface area contributed by atoms with Crippen LogP contribution in [0, 0.1) is 5.41 Å². The summed E-state index contributed by atoms with van der Waals surface area (Å²) in [4.78, 5) is 0. The van der Waals surface area contributed by atoms with Crippen LogP contribution in [0.2, 0.25) is 0 Å². The lowest BCUT2D eigenvalue weighted by Gasteiger charge is -2.17. The fraction of sp³-hybridized carbons (Fsp3) is 0.625. The van der Waals surface area contributed by atoms with Crippen molar-refractivity contribution in [3.05, 3.63) is 35.4 Å². The average Bonchev–Trinajstić information content (AvgIpc) is 2.23. The van der Waals surface area contributed by atoms with Crippen molar-refractivity contribution in [2.24, 2.45) is 5.41 Å². The average molecular weight is 218 g/mol. The van der Waals surface area contributed by atoms with Crippen molar-refractivity contribution in [3.63, 3.8) is 0 Å². The molecule has 0 fully saturated rings. The molecule has 16 heavy (non-hydrogen) atoms. The Morgan fingerprint density at radius 3 is 2.31 bits per heavy atom. The standard InChI is InChI=1S/C16H26/c1-5-14-10-8-11-15(13-14)9-6-7-12-16(2,3)4/h8,10-11,13H,5-7,9,12H2,1-4H3. The highest BCUT2D eigenvalue weighted by Crippen LogP contribution is 2.22. The molecule has 0 aliphatic rings. The molecule has 0 radical (unpaired) electrons. The van der Waals surface area contributed by atoms with Crippen molar-refractivity contribution in [2.75, 3.05) is 0 Å². The zero-order valence-electron chi connectivity index (χ0n) is 11.3. The first-order chi connectivity index (χ1) is 7.51. The number of benzene rings is 1. The van der Waals surface area contributed by atoms with Gasteiger partial charge in [-0.15, -0.1) is 0 Å². The van der Waals surface area contributed by atoms with E-state index in [4.69, 9.17) is 0 Å². The van der Waals surface area contributed by atoms with Crippen molar-refractivity contribution in [3.8, 4) is 0 Å². The van der Waals surface area contributed by atoms with Gasteiger partial charge in [0.05, 0.1) is 0 Å². The zero-order chi connectivity index (χ0) is 12.0. The highest BCUT2D eigenvalue weighted by molar-refractivity contribution is 5.23. The minimum Gasteiger partial charge on any atom is -0.0617 e. The normalized spacial score (nSPS) is 11.8. The summed E-state index contributed by atoms with van der Waals surface area (Å²) in [5, 5.41) is 0. The lowest BCUT2D eigenvalue weighted by Crippen LogP contribution is -2.04. The van der Waals surface area contributed by atoms with E-state index in [0.29, 0.717) is 5.41 Å². The molecule has 0 nitrogen and oxygen atoms in total. The molecule has 0 spiro atoms. The lowest BCUT2D eigenvalue weighted by atomic mass is 9.89. The van der Waals surface area contributed by atoms with Crippen LogP contribution in [0.5, 0.6) is 0 Å². The molecule has 1 rings (SSSR count). The van der Waals surface area contributed by atoms with Crippen molar-refractivity contribution in [2.45, 2.75) is 59.8 Å². The largest absolute Gasteiger partial charge is 0.0617 e. The highest BCUT2D eigenvalue weighted by Gasteiger charge is 2.08. The van der Waals surface area contributed by atoms with Crippen LogP contribution in [0.25, 0.3) is 0 Å². The van der Waals surface area contributed by atoms with Gasteiger partial charge in [-0.25, -0.2) is 0 Å². The molecule has 0 aliphatic carbocycles. The predicted octanol–water partition coefficient (Wildman–Crippen LogP) is 5.01. The molecule has 0 heterocycles. The minimum atomic E-state index is 0.491. The van der Waals surface area contributed by atoms with Crippen LogP contribution in [0.4, 0.5) is 0 Å². The van der Waals surface area contributed by atoms with Crippen LogP contribution in [0.15, 0.2) is 24.3 Å². The molecule has 0 aliphatic heterocycles. The lowest BCUT2D eigenvalue weighted by molar-refractivity contribution is 0.360. The second kappa shape index (κ2) is 6.08. The maximum Gasteiger partial charge on any atom is -0.0279 e. The summed E-state index contributed by atoms with van der Waals surface area (Å²) in [7, 11) is 0. The Balaban J connectivity index is 2.32. The number of aryl methyl sites for hydroxylation is 2. The maximum absolute atomic E-state index is 2.36. The number of rotatable bonds is 5. The quantitative estimate of drug-likeness (QED) is 0.610. The van der Waals surface area contributed by atoms with E-state index in [1.54, 1.807) is 0 Å². The number of hydrogen-bond donors (Lipinski definition) is 0. The fourth-order valence-electron chi connectivity index (χ4n) is 1.99. The Labute approximate surface area is 101 Å². The molecule has 0 unspecified atom stereocenters. The molecule has 0 atom stereocenters. The van der Waals surface area contributed by atoms with Crippen LogP contribution in [-0.2, 0) is 12.8 Å². The summed E-state index contributed by atoms with van der Waals surface area (Å²) < 4.78 is 0. The van der Waals surface area contributed by atoms with Gasteiger partial charge in [-0.2, -0.15) is 0 Å². The van der Waals surface area contributed by atoms with Crippen LogP contribution in [0.1, 0.15) is 58.1 Å². The van der Waals surface area contributed by atoms with Gasteiger partial charge in [0.15, 0.2) is 0 Å². The molecule has 0 bridgehead atoms. The van der Waals surface area contributed by atoms with E-state index in [2.05, 4.69) is 52.0 Å². The van der Waals surface area contributed by atoms with Crippen molar-refractivity contribution in [1.29, 1.82) is 0 Å². The summed E-state index contributed by atoms with van der Waals surface area (Å²) in [6.07, 6.45) is 6.39. The van der Waals surface area contributed by atoms with Gasteiger partial charge >= 0.3 is 0 Å². The van der Waals surface area contributed by atoms with Gasteiger partial charge in [-0.3, -0.25) is 0 Å². The van der Waals surface area contributed by atoms with E-state index in [1.165, 1.54) is 36.8 Å². The predicted molar refractivity (Wildman–Crippen MR) is 72.8 cm³/mol. The van der Waals surface area contributed by atoms with Gasteiger partial charge in [-0.1, -0.05) is 58.4 Å². The SMILES string of the molecule is CCc1cccc(CCCCC(C)(C)C)c1. The molecule has 0 heteroatoms. The van der Waals surface area contributed by atoms with Crippen molar-refractivity contribution >= 4 is 0 Å². The van der Waals surface area contributed by atoms with Gasteiger partial charge in [0.25, 0.3) is 0 Å². The molecule has 1 aromatic carbocycles. The third-order valence-electron chi connectivity index (χ3n) is 3.04. The van der Waals surface area contributed by atoms with Gasteiger partial charge in [0, 0.05) is 0 Å². The Bertz CT molecular complexity index is 304. The van der Waals surface area contributed by atoms with Crippen molar-refractivity contribution < 1.29 is 0 Å². The van der Waals surface area contributed by atoms with Gasteiger partial charge in [0.1, 0.15) is 0 Å². The van der Waals surface area contributed by atoms with E-state index in [0.717, 1.165) is 6.42 Å². The first-order valence-corrected chi connectivity index (χ1v) is 6.59. The first-order valence-electron chi connectivity index (χ1n) is 6.59. The van der Waals surface area contributed by atoms with E-state index < -0.39 is 0 Å². The Morgan fingerprint density at radius 2 is 1.69 bits per heavy atom. The van der Waals surface area contributed by atoms with Gasteiger partial charge < -0.3 is 0 Å². The second-order valence-electron chi connectivity index (χ2n) is 5.94. The third kappa shape index (κ3) is 5.34. The molecule has 0 amide bonds. The summed E-state index contributed by atoms with van der Waals surface area (Å²) in [5.74, 6) is 0. The van der Waals surface area contributed by atoms with Crippen LogP contribution >= 0.6 is 0 Å². The molecule has 1 aromatic rings. The Morgan fingerprint density at radius 1 is 1.00 bits per heavy atom. The topological polar surface area (TPSA) is 0 Å². The summed E-state index contributed by atoms with van der Waals surface area (Å²) in [6, 6.07) is 9.03.